The fourth-order valence-corrected chi connectivity index (χ4v) is 3.06. The van der Waals surface area contributed by atoms with Crippen molar-refractivity contribution in [2.75, 3.05) is 12.0 Å². The predicted octanol–water partition coefficient (Wildman–Crippen LogP) is 3.15. The van der Waals surface area contributed by atoms with Gasteiger partial charge in [0.1, 0.15) is 10.7 Å². The Balaban J connectivity index is 1.92. The van der Waals surface area contributed by atoms with Crippen molar-refractivity contribution in [2.45, 2.75) is 13.0 Å². The fourth-order valence-electron chi connectivity index (χ4n) is 2.84. The minimum absolute atomic E-state index is 0.00214. The van der Waals surface area contributed by atoms with Crippen LogP contribution >= 0.6 is 11.6 Å². The molecule has 3 rings (SSSR count). The first kappa shape index (κ1) is 18.7. The fraction of sp³-hybridized carbons (Fsp3) is 0.150. The maximum absolute atomic E-state index is 12.9. The molecule has 0 bridgehead atoms. The molecule has 6 nitrogen and oxygen atoms in total. The van der Waals surface area contributed by atoms with E-state index in [0.717, 1.165) is 10.5 Å². The molecule has 0 saturated heterocycles. The average Bonchev–Trinajstić information content (AvgIpc) is 2.91. The number of hydrogen-bond donors (Lipinski definition) is 1. The zero-order valence-electron chi connectivity index (χ0n) is 14.7. The molecular formula is C20H17ClN2O4. The zero-order valence-corrected chi connectivity index (χ0v) is 15.5. The molecule has 0 aromatic heterocycles. The molecule has 1 aliphatic heterocycles. The molecule has 1 aliphatic rings. The van der Waals surface area contributed by atoms with E-state index in [9.17, 15) is 14.4 Å². The molecule has 7 heteroatoms. The number of benzene rings is 2. The number of esters is 1. The molecule has 2 aromatic carbocycles. The van der Waals surface area contributed by atoms with Crippen molar-refractivity contribution < 1.29 is 19.1 Å². The van der Waals surface area contributed by atoms with E-state index in [-0.39, 0.29) is 28.0 Å². The Kier molecular flexibility index (Phi) is 5.28. The molecule has 1 N–H and O–H groups in total. The lowest BCUT2D eigenvalue weighted by molar-refractivity contribution is -0.120. The Labute approximate surface area is 161 Å². The highest BCUT2D eigenvalue weighted by molar-refractivity contribution is 6.52. The van der Waals surface area contributed by atoms with Gasteiger partial charge in [0.25, 0.3) is 11.8 Å². The maximum atomic E-state index is 12.9. The maximum Gasteiger partial charge on any atom is 0.339 e. The van der Waals surface area contributed by atoms with E-state index in [1.165, 1.54) is 19.2 Å². The van der Waals surface area contributed by atoms with Crippen LogP contribution in [0.2, 0.25) is 0 Å². The Morgan fingerprint density at radius 3 is 2.33 bits per heavy atom. The molecular weight excluding hydrogens is 368 g/mol. The van der Waals surface area contributed by atoms with Crippen LogP contribution in [0.1, 0.15) is 28.9 Å². The van der Waals surface area contributed by atoms with E-state index in [1.54, 1.807) is 12.1 Å². The first-order valence-electron chi connectivity index (χ1n) is 8.23. The lowest BCUT2D eigenvalue weighted by Crippen LogP contribution is -2.35. The number of nitrogens with zero attached hydrogens (tertiary/aromatic N) is 1. The number of hydrogen-bond acceptors (Lipinski definition) is 5. The summed E-state index contributed by atoms with van der Waals surface area (Å²) in [6, 6.07) is 15.4. The van der Waals surface area contributed by atoms with Crippen LogP contribution in [-0.2, 0) is 14.3 Å². The molecule has 0 saturated carbocycles. The minimum atomic E-state index is -0.694. The standard InChI is InChI=1S/C20H17ClN2O4/c1-12(13-8-4-3-5-9-13)22-17-16(21)18(24)23(19(17)25)15-11-7-6-10-14(15)20(26)27-2/h3-12,22H,1-2H3. The highest BCUT2D eigenvalue weighted by atomic mass is 35.5. The lowest BCUT2D eigenvalue weighted by Gasteiger charge is -2.19. The number of rotatable bonds is 5. The van der Waals surface area contributed by atoms with Crippen LogP contribution in [0.5, 0.6) is 0 Å². The number of amides is 2. The number of anilines is 1. The summed E-state index contributed by atoms with van der Waals surface area (Å²) in [6.45, 7) is 1.86. The normalized spacial score (nSPS) is 15.1. The smallest absolute Gasteiger partial charge is 0.339 e. The molecule has 1 unspecified atom stereocenters. The number of para-hydroxylation sites is 1. The van der Waals surface area contributed by atoms with Gasteiger partial charge in [-0.15, -0.1) is 0 Å². The van der Waals surface area contributed by atoms with Gasteiger partial charge in [-0.25, -0.2) is 9.69 Å². The molecule has 0 aliphatic carbocycles. The predicted molar refractivity (Wildman–Crippen MR) is 101 cm³/mol. The van der Waals surface area contributed by atoms with Crippen LogP contribution in [-0.4, -0.2) is 24.9 Å². The van der Waals surface area contributed by atoms with Crippen molar-refractivity contribution in [1.29, 1.82) is 0 Å². The van der Waals surface area contributed by atoms with Crippen molar-refractivity contribution in [1.82, 2.24) is 5.32 Å². The Hall–Kier alpha value is -3.12. The molecule has 1 atom stereocenters. The largest absolute Gasteiger partial charge is 0.465 e. The molecule has 2 amide bonds. The molecule has 0 fully saturated rings. The van der Waals surface area contributed by atoms with Crippen molar-refractivity contribution >= 4 is 35.1 Å². The van der Waals surface area contributed by atoms with E-state index in [2.05, 4.69) is 5.32 Å². The van der Waals surface area contributed by atoms with Crippen LogP contribution in [0.15, 0.2) is 65.3 Å². The van der Waals surface area contributed by atoms with Crippen LogP contribution < -0.4 is 10.2 Å². The molecule has 1 heterocycles. The molecule has 2 aromatic rings. The zero-order chi connectivity index (χ0) is 19.6. The van der Waals surface area contributed by atoms with Gasteiger partial charge in [0.05, 0.1) is 18.4 Å². The number of nitrogens with one attached hydrogen (secondary N) is 1. The first-order valence-corrected chi connectivity index (χ1v) is 8.61. The van der Waals surface area contributed by atoms with Crippen molar-refractivity contribution in [3.05, 3.63) is 76.5 Å². The first-order chi connectivity index (χ1) is 13.0. The Bertz CT molecular complexity index is 940. The Morgan fingerprint density at radius 1 is 1.04 bits per heavy atom. The Morgan fingerprint density at radius 2 is 1.67 bits per heavy atom. The van der Waals surface area contributed by atoms with Crippen LogP contribution in [0, 0.1) is 0 Å². The van der Waals surface area contributed by atoms with E-state index < -0.39 is 17.8 Å². The summed E-state index contributed by atoms with van der Waals surface area (Å²) in [4.78, 5) is 38.4. The average molecular weight is 385 g/mol. The SMILES string of the molecule is COC(=O)c1ccccc1N1C(=O)C(Cl)=C(NC(C)c2ccccc2)C1=O. The quantitative estimate of drug-likeness (QED) is 0.633. The summed E-state index contributed by atoms with van der Waals surface area (Å²) in [5.74, 6) is -1.97. The number of ether oxygens (including phenoxy) is 1. The highest BCUT2D eigenvalue weighted by Crippen LogP contribution is 2.32. The van der Waals surface area contributed by atoms with Crippen molar-refractivity contribution in [3.63, 3.8) is 0 Å². The summed E-state index contributed by atoms with van der Waals surface area (Å²) < 4.78 is 4.73. The molecule has 0 radical (unpaired) electrons. The third-order valence-corrected chi connectivity index (χ3v) is 4.59. The van der Waals surface area contributed by atoms with Crippen molar-refractivity contribution in [3.8, 4) is 0 Å². The van der Waals surface area contributed by atoms with Gasteiger partial charge in [-0.2, -0.15) is 0 Å². The summed E-state index contributed by atoms with van der Waals surface area (Å²) in [5, 5.41) is 2.79. The summed E-state index contributed by atoms with van der Waals surface area (Å²) in [5.41, 5.74) is 1.16. The monoisotopic (exact) mass is 384 g/mol. The molecule has 138 valence electrons. The van der Waals surface area contributed by atoms with Gasteiger partial charge in [0.2, 0.25) is 0 Å². The third kappa shape index (κ3) is 3.44. The van der Waals surface area contributed by atoms with Crippen molar-refractivity contribution in [2.24, 2.45) is 0 Å². The number of methoxy groups -OCH3 is 1. The van der Waals surface area contributed by atoms with Gasteiger partial charge < -0.3 is 10.1 Å². The number of carbonyl (C=O) groups is 3. The van der Waals surface area contributed by atoms with Gasteiger partial charge in [-0.3, -0.25) is 9.59 Å². The van der Waals surface area contributed by atoms with Crippen LogP contribution in [0.3, 0.4) is 0 Å². The lowest BCUT2D eigenvalue weighted by atomic mass is 10.1. The highest BCUT2D eigenvalue weighted by Gasteiger charge is 2.40. The second-order valence-corrected chi connectivity index (χ2v) is 6.30. The second kappa shape index (κ2) is 7.63. The number of halogens is 1. The van der Waals surface area contributed by atoms with E-state index >= 15 is 0 Å². The van der Waals surface area contributed by atoms with Crippen LogP contribution in [0.4, 0.5) is 5.69 Å². The van der Waals surface area contributed by atoms with Gasteiger partial charge in [0, 0.05) is 6.04 Å². The van der Waals surface area contributed by atoms with Crippen LogP contribution in [0.25, 0.3) is 0 Å². The van der Waals surface area contributed by atoms with Gasteiger partial charge in [-0.05, 0) is 24.6 Å². The van der Waals surface area contributed by atoms with Gasteiger partial charge in [0.15, 0.2) is 0 Å². The summed E-state index contributed by atoms with van der Waals surface area (Å²) in [7, 11) is 1.23. The number of imide groups is 1. The molecule has 0 spiro atoms. The van der Waals surface area contributed by atoms with Gasteiger partial charge in [-0.1, -0.05) is 54.1 Å². The van der Waals surface area contributed by atoms with E-state index in [4.69, 9.17) is 16.3 Å². The van der Waals surface area contributed by atoms with Gasteiger partial charge >= 0.3 is 5.97 Å². The van der Waals surface area contributed by atoms with E-state index in [0.29, 0.717) is 0 Å². The second-order valence-electron chi connectivity index (χ2n) is 5.92. The topological polar surface area (TPSA) is 75.7 Å². The number of carbonyl (C=O) groups excluding carboxylic acids is 3. The third-order valence-electron chi connectivity index (χ3n) is 4.24. The molecule has 27 heavy (non-hydrogen) atoms. The van der Waals surface area contributed by atoms with E-state index in [1.807, 2.05) is 37.3 Å². The summed E-state index contributed by atoms with van der Waals surface area (Å²) >= 11 is 6.15. The minimum Gasteiger partial charge on any atom is -0.465 e. The summed E-state index contributed by atoms with van der Waals surface area (Å²) in [6.07, 6.45) is 0.